The molecular weight excluding hydrogens is 346 g/mol. The van der Waals surface area contributed by atoms with Crippen LogP contribution in [0, 0.1) is 0 Å². The molecule has 1 N–H and O–H groups in total. The Morgan fingerprint density at radius 1 is 1.12 bits per heavy atom. The molecule has 10 heteroatoms. The Hall–Kier alpha value is -3.14. The number of aromatic nitrogens is 4. The Labute approximate surface area is 144 Å². The molecule has 0 spiro atoms. The van der Waals surface area contributed by atoms with Gasteiger partial charge in [0.2, 0.25) is 0 Å². The molecule has 2 aromatic heterocycles. The first-order valence-corrected chi connectivity index (χ1v) is 8.57. The van der Waals surface area contributed by atoms with E-state index in [2.05, 4.69) is 19.7 Å². The van der Waals surface area contributed by atoms with Gasteiger partial charge in [-0.2, -0.15) is 0 Å². The van der Waals surface area contributed by atoms with E-state index < -0.39 is 10.0 Å². The minimum absolute atomic E-state index is 0.0582. The summed E-state index contributed by atoms with van der Waals surface area (Å²) in [6.07, 6.45) is 6.08. The molecule has 1 aromatic carbocycles. The number of hydrogen-bond acceptors (Lipinski definition) is 7. The highest BCUT2D eigenvalue weighted by molar-refractivity contribution is 7.92. The topological polar surface area (TPSA) is 108 Å². The van der Waals surface area contributed by atoms with Crippen molar-refractivity contribution in [1.82, 2.24) is 19.5 Å². The second-order valence-electron chi connectivity index (χ2n) is 4.85. The normalized spacial score (nSPS) is 11.1. The van der Waals surface area contributed by atoms with Gasteiger partial charge in [-0.25, -0.2) is 23.4 Å². The van der Waals surface area contributed by atoms with Crippen LogP contribution in [0.25, 0.3) is 5.82 Å². The van der Waals surface area contributed by atoms with Crippen LogP contribution in [0.4, 0.5) is 5.82 Å². The van der Waals surface area contributed by atoms with Gasteiger partial charge in [0.1, 0.15) is 40.7 Å². The first kappa shape index (κ1) is 16.7. The van der Waals surface area contributed by atoms with Crippen molar-refractivity contribution in [1.29, 1.82) is 0 Å². The van der Waals surface area contributed by atoms with E-state index in [4.69, 9.17) is 9.47 Å². The molecule has 0 fully saturated rings. The second kappa shape index (κ2) is 6.77. The zero-order valence-corrected chi connectivity index (χ0v) is 14.3. The largest absolute Gasteiger partial charge is 0.497 e. The van der Waals surface area contributed by atoms with Gasteiger partial charge >= 0.3 is 0 Å². The molecule has 0 saturated heterocycles. The maximum Gasteiger partial charge on any atom is 0.266 e. The average molecular weight is 361 g/mol. The minimum atomic E-state index is -3.94. The van der Waals surface area contributed by atoms with Crippen LogP contribution in [0.1, 0.15) is 0 Å². The number of methoxy groups -OCH3 is 2. The van der Waals surface area contributed by atoms with Gasteiger partial charge in [-0.05, 0) is 12.1 Å². The molecule has 0 amide bonds. The summed E-state index contributed by atoms with van der Waals surface area (Å²) < 4.78 is 39.7. The first-order chi connectivity index (χ1) is 12.0. The molecular formula is C15H15N5O4S. The molecule has 3 aromatic rings. The molecule has 0 radical (unpaired) electrons. The van der Waals surface area contributed by atoms with Gasteiger partial charge in [0, 0.05) is 24.5 Å². The van der Waals surface area contributed by atoms with Crippen LogP contribution in [0.15, 0.2) is 54.2 Å². The maximum atomic E-state index is 12.7. The van der Waals surface area contributed by atoms with Crippen molar-refractivity contribution in [3.8, 4) is 17.3 Å². The molecule has 0 saturated carbocycles. The summed E-state index contributed by atoms with van der Waals surface area (Å²) in [4.78, 5) is 11.9. The lowest BCUT2D eigenvalue weighted by Gasteiger charge is -2.12. The highest BCUT2D eigenvalue weighted by Crippen LogP contribution is 2.29. The summed E-state index contributed by atoms with van der Waals surface area (Å²) in [5, 5.41) is 0. The molecule has 2 heterocycles. The maximum absolute atomic E-state index is 12.7. The Kier molecular flexibility index (Phi) is 4.52. The van der Waals surface area contributed by atoms with Gasteiger partial charge in [-0.15, -0.1) is 0 Å². The Morgan fingerprint density at radius 3 is 2.64 bits per heavy atom. The van der Waals surface area contributed by atoms with Gasteiger partial charge in [0.05, 0.1) is 14.2 Å². The van der Waals surface area contributed by atoms with Crippen molar-refractivity contribution in [3.63, 3.8) is 0 Å². The van der Waals surface area contributed by atoms with E-state index in [-0.39, 0.29) is 16.5 Å². The number of imidazole rings is 1. The number of ether oxygens (including phenoxy) is 2. The van der Waals surface area contributed by atoms with E-state index in [1.807, 2.05) is 0 Å². The summed E-state index contributed by atoms with van der Waals surface area (Å²) in [5.41, 5.74) is 0. The number of nitrogens with zero attached hydrogens (tertiary/aromatic N) is 4. The van der Waals surface area contributed by atoms with Crippen molar-refractivity contribution in [2.45, 2.75) is 4.90 Å². The fraction of sp³-hybridized carbons (Fsp3) is 0.133. The SMILES string of the molecule is COc1ccc(OC)c(S(=O)(=O)Nc2cc(-n3ccnc3)ncn2)c1. The lowest BCUT2D eigenvalue weighted by molar-refractivity contribution is 0.392. The fourth-order valence-electron chi connectivity index (χ4n) is 2.13. The van der Waals surface area contributed by atoms with Crippen molar-refractivity contribution in [2.75, 3.05) is 18.9 Å². The van der Waals surface area contributed by atoms with Gasteiger partial charge in [0.15, 0.2) is 0 Å². The number of benzene rings is 1. The van der Waals surface area contributed by atoms with Crippen LogP contribution in [-0.4, -0.2) is 42.2 Å². The number of anilines is 1. The highest BCUT2D eigenvalue weighted by Gasteiger charge is 2.21. The Balaban J connectivity index is 1.96. The Bertz CT molecular complexity index is 973. The highest BCUT2D eigenvalue weighted by atomic mass is 32.2. The average Bonchev–Trinajstić information content (AvgIpc) is 3.15. The van der Waals surface area contributed by atoms with Crippen LogP contribution in [0.3, 0.4) is 0 Å². The standard InChI is InChI=1S/C15H15N5O4S/c1-23-11-3-4-12(24-2)13(7-11)25(21,22)19-14-8-15(18-9-17-14)20-6-5-16-10-20/h3-10H,1-2H3,(H,17,18,19). The minimum Gasteiger partial charge on any atom is -0.497 e. The lowest BCUT2D eigenvalue weighted by Crippen LogP contribution is -2.15. The van der Waals surface area contributed by atoms with E-state index in [0.29, 0.717) is 11.6 Å². The fourth-order valence-corrected chi connectivity index (χ4v) is 3.31. The molecule has 0 aliphatic heterocycles. The van der Waals surface area contributed by atoms with Crippen molar-refractivity contribution < 1.29 is 17.9 Å². The quantitative estimate of drug-likeness (QED) is 0.708. The third-order valence-electron chi connectivity index (χ3n) is 3.32. The smallest absolute Gasteiger partial charge is 0.266 e. The third kappa shape index (κ3) is 3.53. The summed E-state index contributed by atoms with van der Waals surface area (Å²) >= 11 is 0. The van der Waals surface area contributed by atoms with Crippen LogP contribution >= 0.6 is 0 Å². The van der Waals surface area contributed by atoms with Gasteiger partial charge < -0.3 is 9.47 Å². The van der Waals surface area contributed by atoms with Crippen molar-refractivity contribution in [2.24, 2.45) is 0 Å². The molecule has 0 aliphatic carbocycles. The number of rotatable bonds is 6. The molecule has 9 nitrogen and oxygen atoms in total. The van der Waals surface area contributed by atoms with Crippen molar-refractivity contribution in [3.05, 3.63) is 49.3 Å². The van der Waals surface area contributed by atoms with E-state index in [1.165, 1.54) is 38.7 Å². The van der Waals surface area contributed by atoms with Gasteiger partial charge in [-0.3, -0.25) is 9.29 Å². The zero-order valence-electron chi connectivity index (χ0n) is 13.4. The molecule has 0 unspecified atom stereocenters. The van der Waals surface area contributed by atoms with E-state index in [0.717, 1.165) is 0 Å². The summed E-state index contributed by atoms with van der Waals surface area (Å²) in [6.45, 7) is 0. The van der Waals surface area contributed by atoms with Crippen LogP contribution in [0.5, 0.6) is 11.5 Å². The molecule has 25 heavy (non-hydrogen) atoms. The molecule has 130 valence electrons. The molecule has 3 rings (SSSR count). The molecule has 0 bridgehead atoms. The zero-order chi connectivity index (χ0) is 17.9. The van der Waals surface area contributed by atoms with E-state index >= 15 is 0 Å². The molecule has 0 atom stereocenters. The molecule has 0 aliphatic rings. The van der Waals surface area contributed by atoms with Crippen LogP contribution in [-0.2, 0) is 10.0 Å². The predicted octanol–water partition coefficient (Wildman–Crippen LogP) is 1.48. The Morgan fingerprint density at radius 2 is 1.96 bits per heavy atom. The summed E-state index contributed by atoms with van der Waals surface area (Å²) in [5.74, 6) is 1.17. The number of sulfonamides is 1. The number of nitrogens with one attached hydrogen (secondary N) is 1. The van der Waals surface area contributed by atoms with Crippen molar-refractivity contribution >= 4 is 15.8 Å². The van der Waals surface area contributed by atoms with Gasteiger partial charge in [-0.1, -0.05) is 0 Å². The third-order valence-corrected chi connectivity index (χ3v) is 4.70. The monoisotopic (exact) mass is 361 g/mol. The second-order valence-corrected chi connectivity index (χ2v) is 6.50. The predicted molar refractivity (Wildman–Crippen MR) is 89.5 cm³/mol. The summed E-state index contributed by atoms with van der Waals surface area (Å²) in [6, 6.07) is 6.00. The summed E-state index contributed by atoms with van der Waals surface area (Å²) in [7, 11) is -1.10. The van der Waals surface area contributed by atoms with Crippen LogP contribution < -0.4 is 14.2 Å². The first-order valence-electron chi connectivity index (χ1n) is 7.09. The van der Waals surface area contributed by atoms with Gasteiger partial charge in [0.25, 0.3) is 10.0 Å². The number of hydrogen-bond donors (Lipinski definition) is 1. The van der Waals surface area contributed by atoms with Crippen LogP contribution in [0.2, 0.25) is 0 Å². The van der Waals surface area contributed by atoms with E-state index in [1.54, 1.807) is 29.4 Å². The van der Waals surface area contributed by atoms with E-state index in [9.17, 15) is 8.42 Å². The lowest BCUT2D eigenvalue weighted by atomic mass is 10.3.